The first-order valence-electron chi connectivity index (χ1n) is 5.05. The van der Waals surface area contributed by atoms with Crippen LogP contribution >= 0.6 is 0 Å². The van der Waals surface area contributed by atoms with Crippen LogP contribution in [0.4, 0.5) is 0 Å². The Balaban J connectivity index is 2.48. The standard InChI is InChI=1S/C12H15NO3/c1-13-12(15)11(14)8-5-9-3-6-10(16-2)7-4-9/h3-4,6-7H,5,8H2,1-2H3,(H,13,15). The molecule has 0 spiro atoms. The second-order valence-electron chi connectivity index (χ2n) is 3.35. The highest BCUT2D eigenvalue weighted by Gasteiger charge is 2.10. The topological polar surface area (TPSA) is 55.4 Å². The van der Waals surface area contributed by atoms with Crippen molar-refractivity contribution in [2.75, 3.05) is 14.2 Å². The minimum atomic E-state index is -0.534. The number of aryl methyl sites for hydroxylation is 1. The second kappa shape index (κ2) is 5.90. The van der Waals surface area contributed by atoms with Crippen LogP contribution in [0.2, 0.25) is 0 Å². The molecule has 0 aliphatic rings. The molecule has 0 bridgehead atoms. The van der Waals surface area contributed by atoms with E-state index in [1.807, 2.05) is 24.3 Å². The average Bonchev–Trinajstić information content (AvgIpc) is 2.35. The maximum Gasteiger partial charge on any atom is 0.287 e. The normalized spacial score (nSPS) is 9.62. The molecule has 0 radical (unpaired) electrons. The van der Waals surface area contributed by atoms with Gasteiger partial charge in [0.2, 0.25) is 5.78 Å². The van der Waals surface area contributed by atoms with Gasteiger partial charge in [0, 0.05) is 13.5 Å². The van der Waals surface area contributed by atoms with Crippen molar-refractivity contribution < 1.29 is 14.3 Å². The highest BCUT2D eigenvalue weighted by atomic mass is 16.5. The molecule has 0 atom stereocenters. The molecule has 86 valence electrons. The van der Waals surface area contributed by atoms with Crippen LogP contribution in [0.1, 0.15) is 12.0 Å². The third-order valence-electron chi connectivity index (χ3n) is 2.28. The van der Waals surface area contributed by atoms with Crippen LogP contribution in [-0.2, 0) is 16.0 Å². The number of ketones is 1. The average molecular weight is 221 g/mol. The van der Waals surface area contributed by atoms with E-state index < -0.39 is 11.7 Å². The van der Waals surface area contributed by atoms with Crippen molar-refractivity contribution in [1.82, 2.24) is 5.32 Å². The Kier molecular flexibility index (Phi) is 4.51. The molecule has 0 aromatic heterocycles. The number of carbonyl (C=O) groups excluding carboxylic acids is 2. The van der Waals surface area contributed by atoms with E-state index in [4.69, 9.17) is 4.74 Å². The summed E-state index contributed by atoms with van der Waals surface area (Å²) in [7, 11) is 3.05. The number of hydrogen-bond donors (Lipinski definition) is 1. The van der Waals surface area contributed by atoms with E-state index in [1.165, 1.54) is 7.05 Å². The molecule has 16 heavy (non-hydrogen) atoms. The van der Waals surface area contributed by atoms with E-state index in [9.17, 15) is 9.59 Å². The summed E-state index contributed by atoms with van der Waals surface area (Å²) >= 11 is 0. The van der Waals surface area contributed by atoms with Crippen molar-refractivity contribution in [2.24, 2.45) is 0 Å². The predicted octanol–water partition coefficient (Wildman–Crippen LogP) is 0.943. The first kappa shape index (κ1) is 12.2. The summed E-state index contributed by atoms with van der Waals surface area (Å²) in [6, 6.07) is 7.44. The second-order valence-corrected chi connectivity index (χ2v) is 3.35. The van der Waals surface area contributed by atoms with Crippen LogP contribution in [0.5, 0.6) is 5.75 Å². The van der Waals surface area contributed by atoms with Gasteiger partial charge in [-0.25, -0.2) is 0 Å². The molecule has 1 amide bonds. The van der Waals surface area contributed by atoms with Gasteiger partial charge >= 0.3 is 0 Å². The van der Waals surface area contributed by atoms with Crippen molar-refractivity contribution in [3.05, 3.63) is 29.8 Å². The fourth-order valence-corrected chi connectivity index (χ4v) is 1.30. The minimum absolute atomic E-state index is 0.228. The molecule has 0 aliphatic carbocycles. The summed E-state index contributed by atoms with van der Waals surface area (Å²) in [6.07, 6.45) is 0.794. The first-order valence-corrected chi connectivity index (χ1v) is 5.05. The van der Waals surface area contributed by atoms with Crippen molar-refractivity contribution >= 4 is 11.7 Å². The lowest BCUT2D eigenvalue weighted by atomic mass is 10.1. The number of methoxy groups -OCH3 is 1. The Bertz CT molecular complexity index is 370. The number of nitrogens with one attached hydrogen (secondary N) is 1. The molecule has 1 aromatic rings. The summed E-state index contributed by atoms with van der Waals surface area (Å²) in [5.74, 6) is -0.145. The number of rotatable bonds is 5. The number of amides is 1. The minimum Gasteiger partial charge on any atom is -0.497 e. The highest BCUT2D eigenvalue weighted by molar-refractivity contribution is 6.36. The van der Waals surface area contributed by atoms with Crippen LogP contribution in [0, 0.1) is 0 Å². The van der Waals surface area contributed by atoms with Gasteiger partial charge in [0.15, 0.2) is 0 Å². The van der Waals surface area contributed by atoms with E-state index >= 15 is 0 Å². The highest BCUT2D eigenvalue weighted by Crippen LogP contribution is 2.12. The zero-order valence-corrected chi connectivity index (χ0v) is 9.45. The number of carbonyl (C=O) groups is 2. The molecule has 0 aliphatic heterocycles. The van der Waals surface area contributed by atoms with E-state index in [0.717, 1.165) is 11.3 Å². The molecule has 1 aromatic carbocycles. The SMILES string of the molecule is CNC(=O)C(=O)CCc1ccc(OC)cc1. The third-order valence-corrected chi connectivity index (χ3v) is 2.28. The smallest absolute Gasteiger partial charge is 0.287 e. The molecule has 4 nitrogen and oxygen atoms in total. The Morgan fingerprint density at radius 1 is 1.25 bits per heavy atom. The molecule has 1 rings (SSSR count). The number of benzene rings is 1. The Labute approximate surface area is 94.6 Å². The van der Waals surface area contributed by atoms with E-state index in [2.05, 4.69) is 5.32 Å². The largest absolute Gasteiger partial charge is 0.497 e. The van der Waals surface area contributed by atoms with Crippen LogP contribution in [0.25, 0.3) is 0 Å². The lowest BCUT2D eigenvalue weighted by Crippen LogP contribution is -2.27. The summed E-state index contributed by atoms with van der Waals surface area (Å²) < 4.78 is 5.02. The van der Waals surface area contributed by atoms with Crippen LogP contribution in [0.15, 0.2) is 24.3 Å². The van der Waals surface area contributed by atoms with Crippen LogP contribution < -0.4 is 10.1 Å². The Hall–Kier alpha value is -1.84. The first-order chi connectivity index (χ1) is 7.67. The van der Waals surface area contributed by atoms with E-state index in [-0.39, 0.29) is 6.42 Å². The van der Waals surface area contributed by atoms with Gasteiger partial charge in [0.05, 0.1) is 7.11 Å². The Morgan fingerprint density at radius 2 is 1.88 bits per heavy atom. The summed E-state index contributed by atoms with van der Waals surface area (Å²) in [5.41, 5.74) is 1.01. The van der Waals surface area contributed by atoms with Crippen molar-refractivity contribution in [3.63, 3.8) is 0 Å². The number of hydrogen-bond acceptors (Lipinski definition) is 3. The van der Waals surface area contributed by atoms with Gasteiger partial charge in [-0.15, -0.1) is 0 Å². The van der Waals surface area contributed by atoms with Gasteiger partial charge in [0.25, 0.3) is 5.91 Å². The fraction of sp³-hybridized carbons (Fsp3) is 0.333. The van der Waals surface area contributed by atoms with Crippen molar-refractivity contribution in [3.8, 4) is 5.75 Å². The predicted molar refractivity (Wildman–Crippen MR) is 60.4 cm³/mol. The summed E-state index contributed by atoms with van der Waals surface area (Å²) in [6.45, 7) is 0. The van der Waals surface area contributed by atoms with Gasteiger partial charge < -0.3 is 10.1 Å². The fourth-order valence-electron chi connectivity index (χ4n) is 1.30. The van der Waals surface area contributed by atoms with Crippen LogP contribution in [-0.4, -0.2) is 25.8 Å². The maximum atomic E-state index is 11.2. The Morgan fingerprint density at radius 3 is 2.38 bits per heavy atom. The number of likely N-dealkylation sites (N-methyl/N-ethyl adjacent to an activating group) is 1. The van der Waals surface area contributed by atoms with Crippen LogP contribution in [0.3, 0.4) is 0 Å². The molecule has 0 saturated heterocycles. The number of Topliss-reactive ketones (excluding diaryl/α,β-unsaturated/α-hetero) is 1. The monoisotopic (exact) mass is 221 g/mol. The molecule has 0 heterocycles. The maximum absolute atomic E-state index is 11.2. The molecule has 0 saturated carbocycles. The third kappa shape index (κ3) is 3.38. The lowest BCUT2D eigenvalue weighted by molar-refractivity contribution is -0.137. The molecular formula is C12H15NO3. The summed E-state index contributed by atoms with van der Waals surface area (Å²) in [5, 5.41) is 2.31. The van der Waals surface area contributed by atoms with Gasteiger partial charge in [-0.3, -0.25) is 9.59 Å². The van der Waals surface area contributed by atoms with Gasteiger partial charge in [-0.2, -0.15) is 0 Å². The number of ether oxygens (including phenoxy) is 1. The molecule has 4 heteroatoms. The van der Waals surface area contributed by atoms with Crippen molar-refractivity contribution in [2.45, 2.75) is 12.8 Å². The van der Waals surface area contributed by atoms with Crippen molar-refractivity contribution in [1.29, 1.82) is 0 Å². The zero-order valence-electron chi connectivity index (χ0n) is 9.45. The van der Waals surface area contributed by atoms with E-state index in [0.29, 0.717) is 6.42 Å². The molecule has 0 fully saturated rings. The summed E-state index contributed by atoms with van der Waals surface area (Å²) in [4.78, 5) is 22.2. The molecular weight excluding hydrogens is 206 g/mol. The van der Waals surface area contributed by atoms with Gasteiger partial charge in [-0.1, -0.05) is 12.1 Å². The molecule has 1 N–H and O–H groups in total. The zero-order chi connectivity index (χ0) is 12.0. The van der Waals surface area contributed by atoms with Gasteiger partial charge in [-0.05, 0) is 24.1 Å². The van der Waals surface area contributed by atoms with Gasteiger partial charge in [0.1, 0.15) is 5.75 Å². The lowest BCUT2D eigenvalue weighted by Gasteiger charge is -2.02. The molecule has 0 unspecified atom stereocenters. The van der Waals surface area contributed by atoms with E-state index in [1.54, 1.807) is 7.11 Å². The quantitative estimate of drug-likeness (QED) is 0.753.